The summed E-state index contributed by atoms with van der Waals surface area (Å²) in [6.45, 7) is 13.4. The summed E-state index contributed by atoms with van der Waals surface area (Å²) in [6.07, 6.45) is 20.0. The molecular weight excluding hydrogens is 746 g/mol. The number of hydrogen-bond acceptors (Lipinski definition) is 9. The van der Waals surface area contributed by atoms with Crippen molar-refractivity contribution in [2.75, 3.05) is 0 Å². The Hall–Kier alpha value is 0.368. The van der Waals surface area contributed by atoms with E-state index >= 15 is 0 Å². The van der Waals surface area contributed by atoms with Crippen LogP contribution >= 0.6 is 0 Å². The van der Waals surface area contributed by atoms with E-state index in [1.165, 1.54) is 77.0 Å². The van der Waals surface area contributed by atoms with E-state index in [0.717, 1.165) is 56.3 Å². The van der Waals surface area contributed by atoms with E-state index in [-0.39, 0.29) is 24.4 Å². The van der Waals surface area contributed by atoms with Gasteiger partial charge in [-0.2, -0.15) is 0 Å². The van der Waals surface area contributed by atoms with Crippen molar-refractivity contribution in [2.24, 2.45) is 17.8 Å². The van der Waals surface area contributed by atoms with Gasteiger partial charge in [-0.15, -0.1) is 0 Å². The third kappa shape index (κ3) is 46.5. The fourth-order valence-corrected chi connectivity index (χ4v) is 4.97. The molecule has 0 rings (SSSR count). The molecule has 0 saturated carbocycles. The van der Waals surface area contributed by atoms with Gasteiger partial charge in [-0.05, 0) is 37.0 Å². The van der Waals surface area contributed by atoms with Crippen molar-refractivity contribution in [2.45, 2.75) is 195 Å². The van der Waals surface area contributed by atoms with E-state index in [1.807, 2.05) is 0 Å². The molecule has 0 aliphatic heterocycles. The summed E-state index contributed by atoms with van der Waals surface area (Å²) in [4.78, 5) is 31.6. The van der Waals surface area contributed by atoms with Gasteiger partial charge >= 0.3 is 24.4 Å². The Balaban J connectivity index is -0.000000285. The second-order valence-corrected chi connectivity index (χ2v) is 14.9. The Morgan fingerprint density at radius 3 is 0.674 bits per heavy atom. The first-order chi connectivity index (χ1) is 21.1. The van der Waals surface area contributed by atoms with Crippen LogP contribution in [0.15, 0.2) is 0 Å². The molecule has 3 N–H and O–H groups in total. The summed E-state index contributed by atoms with van der Waals surface area (Å²) in [5.41, 5.74) is 0. The largest absolute Gasteiger partial charge is 3.00 e. The van der Waals surface area contributed by atoms with Crippen LogP contribution in [0.4, 0.5) is 0 Å². The molecule has 0 heterocycles. The van der Waals surface area contributed by atoms with Crippen molar-refractivity contribution in [3.63, 3.8) is 0 Å². The second-order valence-electron chi connectivity index (χ2n) is 13.7. The number of rotatable bonds is 27. The van der Waals surface area contributed by atoms with E-state index in [4.69, 9.17) is 15.3 Å². The van der Waals surface area contributed by atoms with Gasteiger partial charge in [-0.3, -0.25) is 0 Å². The monoisotopic (exact) mass is 814 g/mol. The first kappa shape index (κ1) is 53.2. The van der Waals surface area contributed by atoms with E-state index in [9.17, 15) is 14.4 Å². The first-order valence-corrected chi connectivity index (χ1v) is 19.0. The Morgan fingerprint density at radius 1 is 0.370 bits per heavy atom. The maximum Gasteiger partial charge on any atom is 3.00 e. The molecule has 0 amide bonds. The van der Waals surface area contributed by atoms with Gasteiger partial charge in [0.05, 0.1) is 18.3 Å². The fraction of sp³-hybridized carbons (Fsp3) is 0.917. The van der Waals surface area contributed by atoms with Crippen LogP contribution in [0.25, 0.3) is 0 Å². The average Bonchev–Trinajstić information content (AvgIpc) is 2.95. The zero-order valence-corrected chi connectivity index (χ0v) is 35.1. The predicted molar refractivity (Wildman–Crippen MR) is 202 cm³/mol. The molecule has 3 atom stereocenters. The average molecular weight is 816 g/mol. The van der Waals surface area contributed by atoms with Crippen LogP contribution in [-0.2, 0) is 52.3 Å². The molecule has 2 radical (unpaired) electrons. The van der Waals surface area contributed by atoms with Crippen molar-refractivity contribution in [3.8, 4) is 0 Å². The van der Waals surface area contributed by atoms with Crippen molar-refractivity contribution in [3.05, 3.63) is 0 Å². The molecule has 0 spiro atoms. The van der Waals surface area contributed by atoms with Crippen LogP contribution < -0.4 is 0 Å². The van der Waals surface area contributed by atoms with Gasteiger partial charge in [0.15, 0.2) is 0 Å². The Kier molecular flexibility index (Phi) is 44.1. The predicted octanol–water partition coefficient (Wildman–Crippen LogP) is 8.04. The molecule has 0 saturated heterocycles. The van der Waals surface area contributed by atoms with E-state index in [0.29, 0.717) is 19.3 Å². The van der Waals surface area contributed by atoms with Crippen molar-refractivity contribution in [1.29, 1.82) is 0 Å². The van der Waals surface area contributed by atoms with E-state index < -0.39 is 33.7 Å². The van der Waals surface area contributed by atoms with Gasteiger partial charge in [0.2, 0.25) is 0 Å². The first-order valence-electron chi connectivity index (χ1n) is 17.8. The van der Waals surface area contributed by atoms with Crippen molar-refractivity contribution < 1.29 is 29.7 Å². The number of hydrogen-bond donors (Lipinski definition) is 3. The molecule has 3 unspecified atom stereocenters. The summed E-state index contributed by atoms with van der Waals surface area (Å²) >= 11 is 13.1. The molecule has 0 aliphatic rings. The molecule has 0 aromatic heterocycles. The van der Waals surface area contributed by atoms with Crippen LogP contribution in [0.1, 0.15) is 176 Å². The molecular formula is C36H69O6S3Sb. The van der Waals surface area contributed by atoms with Gasteiger partial charge in [0, 0.05) is 15.3 Å². The van der Waals surface area contributed by atoms with Gasteiger partial charge < -0.3 is 67.6 Å². The molecule has 10 heteroatoms. The second kappa shape index (κ2) is 38.2. The molecule has 272 valence electrons. The van der Waals surface area contributed by atoms with E-state index in [2.05, 4.69) is 79.4 Å². The van der Waals surface area contributed by atoms with Gasteiger partial charge in [0.1, 0.15) is 0 Å². The smallest absolute Gasteiger partial charge is 0.739 e. The maximum absolute atomic E-state index is 10.5. The minimum absolute atomic E-state index is 0. The molecule has 46 heavy (non-hydrogen) atoms. The van der Waals surface area contributed by atoms with Crippen LogP contribution in [0.5, 0.6) is 0 Å². The van der Waals surface area contributed by atoms with E-state index in [1.54, 1.807) is 0 Å². The van der Waals surface area contributed by atoms with Crippen molar-refractivity contribution in [1.82, 2.24) is 0 Å². The van der Waals surface area contributed by atoms with Gasteiger partial charge in [-0.1, -0.05) is 157 Å². The molecule has 0 aromatic carbocycles. The summed E-state index contributed by atoms with van der Waals surface area (Å²) < 4.78 is 0. The molecule has 0 fully saturated rings. The minimum Gasteiger partial charge on any atom is -0.739 e. The number of aliphatic hydroxyl groups is 3. The molecule has 6 nitrogen and oxygen atoms in total. The number of unbranched alkanes of at least 4 members (excludes halogenated alkanes) is 12. The topological polar surface area (TPSA) is 112 Å². The molecule has 0 aromatic rings. The SMILES string of the molecule is CC(C)CCCCCCCC(O)C(=O)[S-].CC(C)CCCCCCCC(O)C(=O)[S-].CC(C)CCCCCCCC(O)C(=O)[S-].[Sb+3]. The summed E-state index contributed by atoms with van der Waals surface area (Å²) in [5.74, 6) is 2.39. The zero-order valence-electron chi connectivity index (χ0n) is 30.1. The standard InChI is InChI=1S/3C12H24O2S.Sb/c3*1-10(2)8-6-4-3-5-7-9-11(13)12(14)15;/h3*10-11,13H,3-9H2,1-2H3,(H,14,15);/q;;;+3/p-3. The summed E-state index contributed by atoms with van der Waals surface area (Å²) in [6, 6.07) is 0. The van der Waals surface area contributed by atoms with Crippen LogP contribution in [0.2, 0.25) is 0 Å². The Morgan fingerprint density at radius 2 is 0.522 bits per heavy atom. The Bertz CT molecular complexity index is 604. The van der Waals surface area contributed by atoms with Crippen LogP contribution in [0, 0.1) is 17.8 Å². The van der Waals surface area contributed by atoms with Gasteiger partial charge in [0.25, 0.3) is 0 Å². The normalized spacial score (nSPS) is 12.8. The summed E-state index contributed by atoms with van der Waals surface area (Å²) in [5, 5.41) is 25.9. The quantitative estimate of drug-likeness (QED) is 0.0431. The number of carbonyl (C=O) groups is 3. The van der Waals surface area contributed by atoms with Gasteiger partial charge in [-0.25, -0.2) is 0 Å². The maximum atomic E-state index is 10.5. The fourth-order valence-electron chi connectivity index (χ4n) is 4.62. The summed E-state index contributed by atoms with van der Waals surface area (Å²) in [7, 11) is 0. The number of aliphatic hydroxyl groups excluding tert-OH is 3. The molecule has 0 aliphatic carbocycles. The Labute approximate surface area is 317 Å². The van der Waals surface area contributed by atoms with Crippen molar-refractivity contribution >= 4 is 77.7 Å². The third-order valence-corrected chi connectivity index (χ3v) is 8.41. The third-order valence-electron chi connectivity index (χ3n) is 7.59. The number of carbonyl (C=O) groups excluding carboxylic acids is 3. The van der Waals surface area contributed by atoms with Crippen LogP contribution in [0.3, 0.4) is 0 Å². The molecule has 0 bridgehead atoms. The zero-order chi connectivity index (χ0) is 35.0. The van der Waals surface area contributed by atoms with Crippen LogP contribution in [-0.4, -0.2) is 73.4 Å². The minimum atomic E-state index is -0.907.